The van der Waals surface area contributed by atoms with E-state index in [-0.39, 0.29) is 5.97 Å². The molecule has 0 N–H and O–H groups in total. The van der Waals surface area contributed by atoms with Crippen molar-refractivity contribution >= 4 is 5.97 Å². The summed E-state index contributed by atoms with van der Waals surface area (Å²) in [6, 6.07) is 10.3. The maximum absolute atomic E-state index is 10.1. The van der Waals surface area contributed by atoms with E-state index in [0.717, 1.165) is 12.8 Å². The first kappa shape index (κ1) is 23.0. The summed E-state index contributed by atoms with van der Waals surface area (Å²) in [4.78, 5) is 10.1. The molecule has 0 aliphatic heterocycles. The maximum atomic E-state index is 10.1. The Balaban J connectivity index is 0. The zero-order chi connectivity index (χ0) is 17.1. The van der Waals surface area contributed by atoms with Crippen LogP contribution in [-0.2, 0) is 9.53 Å². The molecule has 0 bridgehead atoms. The van der Waals surface area contributed by atoms with E-state index < -0.39 is 0 Å². The van der Waals surface area contributed by atoms with E-state index in [4.69, 9.17) is 0 Å². The monoisotopic (exact) mass is 308 g/mol. The van der Waals surface area contributed by atoms with Gasteiger partial charge in [-0.05, 0) is 13.3 Å². The normalized spacial score (nSPS) is 8.95. The second-order valence-electron chi connectivity index (χ2n) is 5.41. The molecule has 1 aromatic carbocycles. The second kappa shape index (κ2) is 19.7. The summed E-state index contributed by atoms with van der Waals surface area (Å²) in [5, 5.41) is 0. The Bertz CT molecular complexity index is 316. The third-order valence-corrected chi connectivity index (χ3v) is 2.95. The predicted octanol–water partition coefficient (Wildman–Crippen LogP) is 6.32. The number of hydrogen-bond donors (Lipinski definition) is 0. The molecule has 0 unspecified atom stereocenters. The molecular weight excluding hydrogens is 272 g/mol. The van der Waals surface area contributed by atoms with Gasteiger partial charge in [0.05, 0.1) is 6.61 Å². The summed E-state index contributed by atoms with van der Waals surface area (Å²) in [5.74, 6) is -0.182. The first-order chi connectivity index (χ1) is 10.6. The topological polar surface area (TPSA) is 26.3 Å². The van der Waals surface area contributed by atoms with Gasteiger partial charge in [0.2, 0.25) is 0 Å². The van der Waals surface area contributed by atoms with E-state index in [1.165, 1.54) is 44.6 Å². The molecule has 0 aliphatic carbocycles. The van der Waals surface area contributed by atoms with Crippen molar-refractivity contribution in [2.24, 2.45) is 0 Å². The number of unbranched alkanes of at least 4 members (excludes halogenated alkanes) is 5. The molecule has 0 spiro atoms. The first-order valence-electron chi connectivity index (χ1n) is 8.73. The van der Waals surface area contributed by atoms with E-state index in [2.05, 4.69) is 44.6 Å². The third kappa shape index (κ3) is 23.8. The highest BCUT2D eigenvalue weighted by atomic mass is 16.5. The maximum Gasteiger partial charge on any atom is 0.302 e. The highest BCUT2D eigenvalue weighted by molar-refractivity contribution is 5.65. The molecule has 2 nitrogen and oxygen atoms in total. The van der Waals surface area contributed by atoms with Crippen molar-refractivity contribution in [1.82, 2.24) is 0 Å². The molecule has 1 aromatic rings. The van der Waals surface area contributed by atoms with E-state index >= 15 is 0 Å². The number of hydrogen-bond acceptors (Lipinski definition) is 2. The number of carbonyl (C=O) groups excluding carboxylic acids is 1. The quantitative estimate of drug-likeness (QED) is 0.435. The van der Waals surface area contributed by atoms with Gasteiger partial charge < -0.3 is 4.74 Å². The number of rotatable bonds is 7. The van der Waals surface area contributed by atoms with Crippen LogP contribution in [-0.4, -0.2) is 12.6 Å². The van der Waals surface area contributed by atoms with Crippen LogP contribution in [0.25, 0.3) is 0 Å². The summed E-state index contributed by atoms with van der Waals surface area (Å²) >= 11 is 0. The molecule has 0 heterocycles. The Hall–Kier alpha value is -1.31. The van der Waals surface area contributed by atoms with Crippen molar-refractivity contribution in [2.75, 3.05) is 6.61 Å². The number of ether oxygens (including phenoxy) is 1. The standard InChI is InChI=1S/C7H8.C7H16.C6H12O2/c1-7-5-3-2-4-6-7;1-3-5-7-6-4-2;1-3-4-5-8-6(2)7/h2-6H,1H3;3-7H2,1-2H3;3-5H2,1-2H3. The van der Waals surface area contributed by atoms with Crippen LogP contribution in [0.3, 0.4) is 0 Å². The highest BCUT2D eigenvalue weighted by Gasteiger charge is 1.88. The van der Waals surface area contributed by atoms with Crippen LogP contribution in [0.1, 0.15) is 78.2 Å². The van der Waals surface area contributed by atoms with Crippen molar-refractivity contribution in [2.45, 2.75) is 79.6 Å². The summed E-state index contributed by atoms with van der Waals surface area (Å²) in [7, 11) is 0. The molecule has 0 saturated heterocycles. The Morgan fingerprint density at radius 1 is 0.864 bits per heavy atom. The molecule has 0 aliphatic rings. The van der Waals surface area contributed by atoms with Gasteiger partial charge in [-0.2, -0.15) is 0 Å². The summed E-state index contributed by atoms with van der Waals surface area (Å²) in [6.07, 6.45) is 9.06. The minimum atomic E-state index is -0.182. The average Bonchev–Trinajstić information content (AvgIpc) is 2.50. The van der Waals surface area contributed by atoms with Crippen molar-refractivity contribution < 1.29 is 9.53 Å². The van der Waals surface area contributed by atoms with Crippen LogP contribution in [0.5, 0.6) is 0 Å². The van der Waals surface area contributed by atoms with Gasteiger partial charge in [0.15, 0.2) is 0 Å². The fraction of sp³-hybridized carbons (Fsp3) is 0.650. The van der Waals surface area contributed by atoms with Gasteiger partial charge in [0.25, 0.3) is 0 Å². The van der Waals surface area contributed by atoms with Gasteiger partial charge in [-0.1, -0.05) is 95.2 Å². The second-order valence-corrected chi connectivity index (χ2v) is 5.41. The molecule has 0 fully saturated rings. The Kier molecular flexibility index (Phi) is 20.6. The summed E-state index contributed by atoms with van der Waals surface area (Å²) in [6.45, 7) is 10.6. The lowest BCUT2D eigenvalue weighted by Crippen LogP contribution is -1.99. The fourth-order valence-corrected chi connectivity index (χ4v) is 1.57. The van der Waals surface area contributed by atoms with E-state index in [1.54, 1.807) is 0 Å². The van der Waals surface area contributed by atoms with Gasteiger partial charge in [-0.3, -0.25) is 4.79 Å². The number of aryl methyl sites for hydroxylation is 1. The van der Waals surface area contributed by atoms with Gasteiger partial charge in [-0.25, -0.2) is 0 Å². The molecule has 0 amide bonds. The minimum absolute atomic E-state index is 0.182. The molecular formula is C20H36O2. The van der Waals surface area contributed by atoms with Crippen molar-refractivity contribution in [3.63, 3.8) is 0 Å². The van der Waals surface area contributed by atoms with Crippen LogP contribution >= 0.6 is 0 Å². The van der Waals surface area contributed by atoms with E-state index in [0.29, 0.717) is 6.61 Å². The lowest BCUT2D eigenvalue weighted by Gasteiger charge is -1.96. The van der Waals surface area contributed by atoms with Crippen molar-refractivity contribution in [1.29, 1.82) is 0 Å². The number of carbonyl (C=O) groups is 1. The van der Waals surface area contributed by atoms with Crippen LogP contribution < -0.4 is 0 Å². The van der Waals surface area contributed by atoms with Crippen LogP contribution in [0, 0.1) is 6.92 Å². The smallest absolute Gasteiger partial charge is 0.302 e. The average molecular weight is 309 g/mol. The molecule has 128 valence electrons. The molecule has 0 saturated carbocycles. The van der Waals surface area contributed by atoms with Gasteiger partial charge in [-0.15, -0.1) is 0 Å². The molecule has 0 aromatic heterocycles. The van der Waals surface area contributed by atoms with Gasteiger partial charge in [0, 0.05) is 6.92 Å². The lowest BCUT2D eigenvalue weighted by atomic mass is 10.2. The van der Waals surface area contributed by atoms with Crippen molar-refractivity contribution in [3.05, 3.63) is 35.9 Å². The third-order valence-electron chi connectivity index (χ3n) is 2.95. The van der Waals surface area contributed by atoms with Crippen LogP contribution in [0.2, 0.25) is 0 Å². The molecule has 22 heavy (non-hydrogen) atoms. The van der Waals surface area contributed by atoms with Gasteiger partial charge >= 0.3 is 5.97 Å². The zero-order valence-corrected chi connectivity index (χ0v) is 15.4. The Labute approximate surface area is 138 Å². The highest BCUT2D eigenvalue weighted by Crippen LogP contribution is 2.00. The summed E-state index contributed by atoms with van der Waals surface area (Å²) in [5.41, 5.74) is 1.32. The molecule has 2 heteroatoms. The Morgan fingerprint density at radius 2 is 1.36 bits per heavy atom. The van der Waals surface area contributed by atoms with Crippen LogP contribution in [0.4, 0.5) is 0 Å². The van der Waals surface area contributed by atoms with Crippen molar-refractivity contribution in [3.8, 4) is 0 Å². The zero-order valence-electron chi connectivity index (χ0n) is 15.4. The fourth-order valence-electron chi connectivity index (χ4n) is 1.57. The number of benzene rings is 1. The SMILES string of the molecule is CCCCCCC.CCCCOC(C)=O.Cc1ccccc1. The predicted molar refractivity (Wildman–Crippen MR) is 97.2 cm³/mol. The minimum Gasteiger partial charge on any atom is -0.466 e. The first-order valence-corrected chi connectivity index (χ1v) is 8.73. The molecule has 0 radical (unpaired) electrons. The molecule has 0 atom stereocenters. The Morgan fingerprint density at radius 3 is 1.68 bits per heavy atom. The van der Waals surface area contributed by atoms with E-state index in [9.17, 15) is 4.79 Å². The van der Waals surface area contributed by atoms with Crippen LogP contribution in [0.15, 0.2) is 30.3 Å². The van der Waals surface area contributed by atoms with E-state index in [1.807, 2.05) is 18.2 Å². The van der Waals surface area contributed by atoms with Gasteiger partial charge in [0.1, 0.15) is 0 Å². The number of esters is 1. The largest absolute Gasteiger partial charge is 0.466 e. The summed E-state index contributed by atoms with van der Waals surface area (Å²) < 4.78 is 4.64. The molecule has 1 rings (SSSR count). The lowest BCUT2D eigenvalue weighted by molar-refractivity contribution is -0.141.